The highest BCUT2D eigenvalue weighted by Gasteiger charge is 2.05. The Hall–Kier alpha value is -0.980. The van der Waals surface area contributed by atoms with E-state index in [1.807, 2.05) is 0 Å². The van der Waals surface area contributed by atoms with Gasteiger partial charge in [-0.2, -0.15) is 0 Å². The van der Waals surface area contributed by atoms with E-state index in [1.165, 1.54) is 29.7 Å². The lowest BCUT2D eigenvalue weighted by atomic mass is 10.1. The topological polar surface area (TPSA) is 9.23 Å². The second-order valence-corrected chi connectivity index (χ2v) is 3.27. The second kappa shape index (κ2) is 3.18. The maximum Gasteiger partial charge on any atom is 0.127 e. The van der Waals surface area contributed by atoms with Crippen molar-refractivity contribution in [2.75, 3.05) is 6.61 Å². The standard InChI is InChI=1S/C11H14O/c1-2-3-4-7-12-11-8-9-5-6-10(9)11/h5-6,8H,2-4,7H2,1H3. The number of hydrogen-bond donors (Lipinski definition) is 0. The Morgan fingerprint density at radius 3 is 2.67 bits per heavy atom. The van der Waals surface area contributed by atoms with Crippen LogP contribution in [0.25, 0.3) is 0 Å². The first-order valence-corrected chi connectivity index (χ1v) is 4.69. The van der Waals surface area contributed by atoms with Crippen molar-refractivity contribution in [3.05, 3.63) is 28.6 Å². The van der Waals surface area contributed by atoms with Gasteiger partial charge in [0.05, 0.1) is 6.61 Å². The van der Waals surface area contributed by atoms with Crippen LogP contribution in [0.1, 0.15) is 26.2 Å². The third kappa shape index (κ3) is 1.20. The molecule has 0 unspecified atom stereocenters. The zero-order chi connectivity index (χ0) is 8.39. The molecule has 2 aliphatic carbocycles. The predicted molar refractivity (Wildman–Crippen MR) is 49.1 cm³/mol. The Bertz CT molecular complexity index is 354. The lowest BCUT2D eigenvalue weighted by Gasteiger charge is -2.12. The summed E-state index contributed by atoms with van der Waals surface area (Å²) < 4.78 is 5.57. The van der Waals surface area contributed by atoms with Crippen LogP contribution in [0.3, 0.4) is 0 Å². The monoisotopic (exact) mass is 162 g/mol. The van der Waals surface area contributed by atoms with Gasteiger partial charge >= 0.3 is 0 Å². The molecule has 0 aromatic heterocycles. The van der Waals surface area contributed by atoms with Crippen molar-refractivity contribution in [3.8, 4) is 5.75 Å². The van der Waals surface area contributed by atoms with Crippen LogP contribution in [0.2, 0.25) is 0 Å². The van der Waals surface area contributed by atoms with Crippen molar-refractivity contribution in [2.45, 2.75) is 26.2 Å². The van der Waals surface area contributed by atoms with Crippen molar-refractivity contribution in [2.24, 2.45) is 0 Å². The summed E-state index contributed by atoms with van der Waals surface area (Å²) in [7, 11) is 0. The molecule has 0 atom stereocenters. The van der Waals surface area contributed by atoms with E-state index in [0.29, 0.717) is 0 Å². The van der Waals surface area contributed by atoms with E-state index in [0.717, 1.165) is 12.4 Å². The fourth-order valence-corrected chi connectivity index (χ4v) is 1.41. The normalized spacial score (nSPS) is 11.4. The molecule has 2 aliphatic rings. The zero-order valence-corrected chi connectivity index (χ0v) is 7.47. The molecule has 12 heavy (non-hydrogen) atoms. The highest BCUT2D eigenvalue weighted by molar-refractivity contribution is 5.38. The molecule has 0 aromatic rings. The maximum absolute atomic E-state index is 5.57. The van der Waals surface area contributed by atoms with Gasteiger partial charge in [-0.1, -0.05) is 31.9 Å². The molecular formula is C11H14O. The molecule has 64 valence electrons. The van der Waals surface area contributed by atoms with Crippen LogP contribution in [0, 0.1) is 10.4 Å². The van der Waals surface area contributed by atoms with Gasteiger partial charge in [0, 0.05) is 5.22 Å². The molecule has 0 spiro atoms. The summed E-state index contributed by atoms with van der Waals surface area (Å²) in [4.78, 5) is 0. The first-order chi connectivity index (χ1) is 5.92. The summed E-state index contributed by atoms with van der Waals surface area (Å²) in [5, 5.41) is 2.69. The molecule has 2 rings (SSSR count). The van der Waals surface area contributed by atoms with Crippen molar-refractivity contribution in [1.29, 1.82) is 0 Å². The fourth-order valence-electron chi connectivity index (χ4n) is 1.41. The second-order valence-electron chi connectivity index (χ2n) is 3.27. The fraction of sp³-hybridized carbons (Fsp3) is 0.455. The summed E-state index contributed by atoms with van der Waals surface area (Å²) in [5.41, 5.74) is 0. The smallest absolute Gasteiger partial charge is 0.127 e. The number of hydrogen-bond acceptors (Lipinski definition) is 1. The molecule has 0 radical (unpaired) electrons. The van der Waals surface area contributed by atoms with E-state index in [4.69, 9.17) is 4.74 Å². The average Bonchev–Trinajstić information content (AvgIpc) is 2.06. The molecule has 1 nitrogen and oxygen atoms in total. The first-order valence-electron chi connectivity index (χ1n) is 4.69. The number of benzene rings is 1. The minimum Gasteiger partial charge on any atom is -0.493 e. The number of ether oxygens (including phenoxy) is 1. The summed E-state index contributed by atoms with van der Waals surface area (Å²) in [6.07, 6.45) is 3.71. The van der Waals surface area contributed by atoms with Crippen molar-refractivity contribution < 1.29 is 4.74 Å². The van der Waals surface area contributed by atoms with Crippen LogP contribution in [0.4, 0.5) is 0 Å². The molecule has 0 N–H and O–H groups in total. The van der Waals surface area contributed by atoms with E-state index in [2.05, 4.69) is 25.1 Å². The molecule has 0 bridgehead atoms. The largest absolute Gasteiger partial charge is 0.493 e. The van der Waals surface area contributed by atoms with Gasteiger partial charge in [-0.05, 0) is 17.7 Å². The SMILES string of the molecule is CCCCCOc1cc2ccc1=2. The van der Waals surface area contributed by atoms with Crippen LogP contribution >= 0.6 is 0 Å². The van der Waals surface area contributed by atoms with Gasteiger partial charge in [0.1, 0.15) is 5.75 Å². The summed E-state index contributed by atoms with van der Waals surface area (Å²) in [5.74, 6) is 1.10. The molecule has 0 saturated carbocycles. The molecule has 0 heterocycles. The minimum atomic E-state index is 0.879. The van der Waals surface area contributed by atoms with Gasteiger partial charge in [-0.3, -0.25) is 0 Å². The van der Waals surface area contributed by atoms with Crippen LogP contribution in [0.15, 0.2) is 18.2 Å². The quantitative estimate of drug-likeness (QED) is 0.614. The van der Waals surface area contributed by atoms with E-state index in [9.17, 15) is 0 Å². The van der Waals surface area contributed by atoms with Crippen LogP contribution < -0.4 is 4.74 Å². The van der Waals surface area contributed by atoms with Crippen LogP contribution in [-0.2, 0) is 0 Å². The number of rotatable bonds is 5. The van der Waals surface area contributed by atoms with Crippen molar-refractivity contribution in [1.82, 2.24) is 0 Å². The lowest BCUT2D eigenvalue weighted by molar-refractivity contribution is 0.301. The lowest BCUT2D eigenvalue weighted by Crippen LogP contribution is -2.01. The van der Waals surface area contributed by atoms with E-state index < -0.39 is 0 Å². The molecule has 0 aliphatic heterocycles. The molecule has 0 fully saturated rings. The molecular weight excluding hydrogens is 148 g/mol. The predicted octanol–water partition coefficient (Wildman–Crippen LogP) is 2.86. The molecule has 0 amide bonds. The zero-order valence-electron chi connectivity index (χ0n) is 7.47. The molecule has 1 heteroatoms. The highest BCUT2D eigenvalue weighted by Crippen LogP contribution is 2.23. The van der Waals surface area contributed by atoms with E-state index in [1.54, 1.807) is 0 Å². The third-order valence-corrected chi connectivity index (χ3v) is 2.30. The maximum atomic E-state index is 5.57. The van der Waals surface area contributed by atoms with E-state index >= 15 is 0 Å². The average molecular weight is 162 g/mol. The third-order valence-electron chi connectivity index (χ3n) is 2.30. The van der Waals surface area contributed by atoms with Gasteiger partial charge in [0.15, 0.2) is 0 Å². The Balaban J connectivity index is 1.74. The Morgan fingerprint density at radius 2 is 2.17 bits per heavy atom. The summed E-state index contributed by atoms with van der Waals surface area (Å²) >= 11 is 0. The van der Waals surface area contributed by atoms with Gasteiger partial charge in [0.25, 0.3) is 0 Å². The Morgan fingerprint density at radius 1 is 1.25 bits per heavy atom. The van der Waals surface area contributed by atoms with Gasteiger partial charge in [-0.25, -0.2) is 0 Å². The van der Waals surface area contributed by atoms with Gasteiger partial charge in [0.2, 0.25) is 0 Å². The van der Waals surface area contributed by atoms with Crippen LogP contribution in [0.5, 0.6) is 5.75 Å². The molecule has 0 aromatic carbocycles. The Labute approximate surface area is 72.7 Å². The minimum absolute atomic E-state index is 0.879. The van der Waals surface area contributed by atoms with Crippen molar-refractivity contribution >= 4 is 0 Å². The number of unbranched alkanes of at least 4 members (excludes halogenated alkanes) is 2. The van der Waals surface area contributed by atoms with E-state index in [-0.39, 0.29) is 0 Å². The Kier molecular flexibility index (Phi) is 2.03. The first kappa shape index (κ1) is 7.66. The molecule has 0 saturated heterocycles. The highest BCUT2D eigenvalue weighted by atomic mass is 16.5. The summed E-state index contributed by atoms with van der Waals surface area (Å²) in [6, 6.07) is 6.35. The summed E-state index contributed by atoms with van der Waals surface area (Å²) in [6.45, 7) is 3.09. The van der Waals surface area contributed by atoms with Crippen LogP contribution in [-0.4, -0.2) is 6.61 Å². The van der Waals surface area contributed by atoms with Crippen molar-refractivity contribution in [3.63, 3.8) is 0 Å². The van der Waals surface area contributed by atoms with Gasteiger partial charge < -0.3 is 4.74 Å². The van der Waals surface area contributed by atoms with Gasteiger partial charge in [-0.15, -0.1) is 0 Å².